The van der Waals surface area contributed by atoms with Crippen LogP contribution in [0.5, 0.6) is 0 Å². The molecular weight excluding hydrogens is 296 g/mol. The zero-order chi connectivity index (χ0) is 16.1. The van der Waals surface area contributed by atoms with Crippen LogP contribution in [0.4, 0.5) is 0 Å². The molecule has 0 spiro atoms. The van der Waals surface area contributed by atoms with E-state index < -0.39 is 0 Å². The summed E-state index contributed by atoms with van der Waals surface area (Å²) in [7, 11) is 1.64. The fraction of sp³-hybridized carbons (Fsp3) is 0.500. The molecule has 0 N–H and O–H groups in total. The molecule has 0 aromatic carbocycles. The fourth-order valence-electron chi connectivity index (χ4n) is 2.68. The second-order valence-electron chi connectivity index (χ2n) is 5.62. The van der Waals surface area contributed by atoms with E-state index in [2.05, 4.69) is 15.1 Å². The Morgan fingerprint density at radius 2 is 2.35 bits per heavy atom. The van der Waals surface area contributed by atoms with Crippen molar-refractivity contribution in [2.45, 2.75) is 31.7 Å². The first-order valence-electron chi connectivity index (χ1n) is 7.75. The van der Waals surface area contributed by atoms with E-state index in [1.807, 2.05) is 23.1 Å². The van der Waals surface area contributed by atoms with Crippen LogP contribution in [0.25, 0.3) is 0 Å². The third-order valence-electron chi connectivity index (χ3n) is 3.94. The van der Waals surface area contributed by atoms with E-state index in [1.165, 1.54) is 0 Å². The van der Waals surface area contributed by atoms with Gasteiger partial charge in [-0.2, -0.15) is 4.98 Å². The first-order chi connectivity index (χ1) is 11.3. The molecule has 1 aliphatic heterocycles. The lowest BCUT2D eigenvalue weighted by Crippen LogP contribution is -2.38. The lowest BCUT2D eigenvalue weighted by atomic mass is 9.97. The van der Waals surface area contributed by atoms with E-state index in [4.69, 9.17) is 9.26 Å². The number of piperidine rings is 1. The molecule has 0 radical (unpaired) electrons. The number of aromatic nitrogens is 3. The van der Waals surface area contributed by atoms with Gasteiger partial charge in [0.15, 0.2) is 5.82 Å². The van der Waals surface area contributed by atoms with Gasteiger partial charge in [0, 0.05) is 32.7 Å². The number of carbonyl (C=O) groups excluding carboxylic acids is 1. The van der Waals surface area contributed by atoms with Gasteiger partial charge in [-0.25, -0.2) is 0 Å². The zero-order valence-electron chi connectivity index (χ0n) is 13.1. The van der Waals surface area contributed by atoms with Gasteiger partial charge < -0.3 is 14.2 Å². The van der Waals surface area contributed by atoms with Gasteiger partial charge in [0.1, 0.15) is 0 Å². The second-order valence-corrected chi connectivity index (χ2v) is 5.62. The van der Waals surface area contributed by atoms with Crippen LogP contribution < -0.4 is 0 Å². The first-order valence-corrected chi connectivity index (χ1v) is 7.75. The van der Waals surface area contributed by atoms with Crippen LogP contribution in [0, 0.1) is 0 Å². The number of carbonyl (C=O) groups is 1. The highest BCUT2D eigenvalue weighted by Gasteiger charge is 2.30. The largest absolute Gasteiger partial charge is 0.384 e. The minimum atomic E-state index is 0.0835. The predicted molar refractivity (Wildman–Crippen MR) is 81.5 cm³/mol. The summed E-state index contributed by atoms with van der Waals surface area (Å²) >= 11 is 0. The number of methoxy groups -OCH3 is 1. The predicted octanol–water partition coefficient (Wildman–Crippen LogP) is 1.56. The molecule has 3 rings (SSSR count). The maximum Gasteiger partial charge on any atom is 0.231 e. The number of amides is 1. The number of pyridine rings is 1. The molecule has 0 bridgehead atoms. The standard InChI is InChI=1S/C16H20N4O3/c1-22-9-7-14-18-16(23-19-14)12-5-6-15(21)20(10-12)11-13-4-2-3-8-17-13/h2-4,8,12H,5-7,9-11H2,1H3/t12-/m1/s1. The number of nitrogens with zero attached hydrogens (tertiary/aromatic N) is 4. The number of ether oxygens (including phenoxy) is 1. The van der Waals surface area contributed by atoms with Gasteiger partial charge in [0.05, 0.1) is 24.8 Å². The Kier molecular flexibility index (Phi) is 4.97. The van der Waals surface area contributed by atoms with E-state index in [9.17, 15) is 4.79 Å². The molecule has 7 nitrogen and oxygen atoms in total. The molecule has 0 aliphatic carbocycles. The normalized spacial score (nSPS) is 18.4. The van der Waals surface area contributed by atoms with Gasteiger partial charge in [0.2, 0.25) is 11.8 Å². The Balaban J connectivity index is 1.65. The summed E-state index contributed by atoms with van der Waals surface area (Å²) in [5, 5.41) is 3.98. The maximum atomic E-state index is 12.1. The first kappa shape index (κ1) is 15.6. The summed E-state index contributed by atoms with van der Waals surface area (Å²) in [6.07, 6.45) is 3.60. The molecular formula is C16H20N4O3. The van der Waals surface area contributed by atoms with Gasteiger partial charge in [-0.1, -0.05) is 11.2 Å². The molecule has 1 aliphatic rings. The topological polar surface area (TPSA) is 81.4 Å². The van der Waals surface area contributed by atoms with E-state index in [1.54, 1.807) is 13.3 Å². The third kappa shape index (κ3) is 3.92. The molecule has 0 saturated carbocycles. The Hall–Kier alpha value is -2.28. The van der Waals surface area contributed by atoms with Crippen molar-refractivity contribution in [1.82, 2.24) is 20.0 Å². The lowest BCUT2D eigenvalue weighted by molar-refractivity contribution is -0.134. The van der Waals surface area contributed by atoms with Gasteiger partial charge in [-0.3, -0.25) is 9.78 Å². The van der Waals surface area contributed by atoms with Gasteiger partial charge in [-0.15, -0.1) is 0 Å². The van der Waals surface area contributed by atoms with Crippen molar-refractivity contribution in [3.8, 4) is 0 Å². The zero-order valence-corrected chi connectivity index (χ0v) is 13.1. The second kappa shape index (κ2) is 7.32. The summed E-state index contributed by atoms with van der Waals surface area (Å²) in [5.74, 6) is 1.48. The highest BCUT2D eigenvalue weighted by molar-refractivity contribution is 5.77. The van der Waals surface area contributed by atoms with E-state index in [0.717, 1.165) is 12.1 Å². The summed E-state index contributed by atoms with van der Waals surface area (Å²) in [5.41, 5.74) is 0.882. The van der Waals surface area contributed by atoms with Crippen LogP contribution in [-0.2, 0) is 22.5 Å². The van der Waals surface area contributed by atoms with Gasteiger partial charge >= 0.3 is 0 Å². The molecule has 23 heavy (non-hydrogen) atoms. The van der Waals surface area contributed by atoms with E-state index in [0.29, 0.717) is 44.3 Å². The van der Waals surface area contributed by atoms with Gasteiger partial charge in [0.25, 0.3) is 0 Å². The number of hydrogen-bond donors (Lipinski definition) is 0. The Bertz CT molecular complexity index is 644. The molecule has 1 atom stereocenters. The van der Waals surface area contributed by atoms with Crippen LogP contribution in [-0.4, -0.2) is 46.2 Å². The molecule has 1 fully saturated rings. The number of hydrogen-bond acceptors (Lipinski definition) is 6. The van der Waals surface area contributed by atoms with Crippen molar-refractivity contribution in [1.29, 1.82) is 0 Å². The third-order valence-corrected chi connectivity index (χ3v) is 3.94. The fourth-order valence-corrected chi connectivity index (χ4v) is 2.68. The molecule has 2 aromatic rings. The van der Waals surface area contributed by atoms with Crippen LogP contribution in [0.15, 0.2) is 28.9 Å². The average molecular weight is 316 g/mol. The van der Waals surface area contributed by atoms with Crippen LogP contribution in [0.2, 0.25) is 0 Å². The van der Waals surface area contributed by atoms with E-state index in [-0.39, 0.29) is 11.8 Å². The molecule has 122 valence electrons. The molecule has 1 amide bonds. The lowest BCUT2D eigenvalue weighted by Gasteiger charge is -2.30. The molecule has 1 saturated heterocycles. The minimum absolute atomic E-state index is 0.0835. The quantitative estimate of drug-likeness (QED) is 0.804. The Labute approximate surface area is 134 Å². The minimum Gasteiger partial charge on any atom is -0.384 e. The van der Waals surface area contributed by atoms with Crippen molar-refractivity contribution in [3.63, 3.8) is 0 Å². The van der Waals surface area contributed by atoms with E-state index >= 15 is 0 Å². The Morgan fingerprint density at radius 3 is 3.13 bits per heavy atom. The summed E-state index contributed by atoms with van der Waals surface area (Å²) in [6, 6.07) is 5.71. The molecule has 7 heteroatoms. The van der Waals surface area contributed by atoms with Crippen LogP contribution in [0.1, 0.15) is 36.2 Å². The van der Waals surface area contributed by atoms with Crippen molar-refractivity contribution in [2.75, 3.05) is 20.3 Å². The van der Waals surface area contributed by atoms with Crippen LogP contribution in [0.3, 0.4) is 0 Å². The highest BCUT2D eigenvalue weighted by atomic mass is 16.5. The Morgan fingerprint density at radius 1 is 1.43 bits per heavy atom. The average Bonchev–Trinajstić information content (AvgIpc) is 3.05. The smallest absolute Gasteiger partial charge is 0.231 e. The molecule has 2 aromatic heterocycles. The van der Waals surface area contributed by atoms with Crippen LogP contribution >= 0.6 is 0 Å². The SMILES string of the molecule is COCCc1noc([C@@H]2CCC(=O)N(Cc3ccccn3)C2)n1. The summed E-state index contributed by atoms with van der Waals surface area (Å²) in [6.45, 7) is 1.66. The number of rotatable bonds is 6. The highest BCUT2D eigenvalue weighted by Crippen LogP contribution is 2.27. The van der Waals surface area contributed by atoms with Gasteiger partial charge in [-0.05, 0) is 18.6 Å². The summed E-state index contributed by atoms with van der Waals surface area (Å²) < 4.78 is 10.4. The molecule has 3 heterocycles. The van der Waals surface area contributed by atoms with Crippen molar-refractivity contribution < 1.29 is 14.1 Å². The van der Waals surface area contributed by atoms with Crippen molar-refractivity contribution in [3.05, 3.63) is 41.8 Å². The van der Waals surface area contributed by atoms with Crippen molar-refractivity contribution in [2.24, 2.45) is 0 Å². The maximum absolute atomic E-state index is 12.1. The summed E-state index contributed by atoms with van der Waals surface area (Å²) in [4.78, 5) is 22.7. The monoisotopic (exact) mass is 316 g/mol. The molecule has 0 unspecified atom stereocenters. The van der Waals surface area contributed by atoms with Crippen molar-refractivity contribution >= 4 is 5.91 Å². The number of likely N-dealkylation sites (tertiary alicyclic amines) is 1.